The van der Waals surface area contributed by atoms with Crippen LogP contribution in [0.1, 0.15) is 47.9 Å². The van der Waals surface area contributed by atoms with E-state index in [1.807, 2.05) is 18.2 Å². The molecule has 2 aromatic rings. The summed E-state index contributed by atoms with van der Waals surface area (Å²) in [6.45, 7) is 0. The Hall–Kier alpha value is -1.35. The van der Waals surface area contributed by atoms with Gasteiger partial charge in [-0.25, -0.2) is 0 Å². The smallest absolute Gasteiger partial charge is 0.0480 e. The molecule has 1 aliphatic rings. The predicted octanol–water partition coefficient (Wildman–Crippen LogP) is 4.35. The van der Waals surface area contributed by atoms with Crippen molar-refractivity contribution in [3.63, 3.8) is 0 Å². The van der Waals surface area contributed by atoms with Crippen LogP contribution in [-0.4, -0.2) is 0 Å². The highest BCUT2D eigenvalue weighted by molar-refractivity contribution is 6.31. The molecule has 0 spiro atoms. The van der Waals surface area contributed by atoms with Gasteiger partial charge in [0.25, 0.3) is 0 Å². The van der Waals surface area contributed by atoms with Gasteiger partial charge in [0.1, 0.15) is 0 Å². The van der Waals surface area contributed by atoms with Crippen molar-refractivity contribution in [2.45, 2.75) is 37.6 Å². The van der Waals surface area contributed by atoms with E-state index in [1.54, 1.807) is 0 Å². The maximum atomic E-state index is 6.32. The van der Waals surface area contributed by atoms with Crippen LogP contribution in [0.4, 0.5) is 0 Å². The second-order valence-electron chi connectivity index (χ2n) is 5.76. The first-order valence-corrected chi connectivity index (χ1v) is 7.95. The fraction of sp³-hybridized carbons (Fsp3) is 0.333. The van der Waals surface area contributed by atoms with Gasteiger partial charge >= 0.3 is 0 Å². The third kappa shape index (κ3) is 3.13. The Balaban J connectivity index is 1.84. The van der Waals surface area contributed by atoms with Crippen molar-refractivity contribution in [3.05, 3.63) is 70.2 Å². The van der Waals surface area contributed by atoms with E-state index in [2.05, 4.69) is 35.8 Å². The molecule has 3 N–H and O–H groups in total. The fourth-order valence-corrected chi connectivity index (χ4v) is 3.69. The van der Waals surface area contributed by atoms with Crippen molar-refractivity contribution in [2.75, 3.05) is 0 Å². The van der Waals surface area contributed by atoms with Crippen molar-refractivity contribution in [1.82, 2.24) is 5.43 Å². The average Bonchev–Trinajstić information content (AvgIpc) is 2.53. The molecule has 2 nitrogen and oxygen atoms in total. The Labute approximate surface area is 131 Å². The normalized spacial score (nSPS) is 19.0. The number of hydrazine groups is 1. The van der Waals surface area contributed by atoms with Gasteiger partial charge in [0, 0.05) is 11.1 Å². The summed E-state index contributed by atoms with van der Waals surface area (Å²) in [6.07, 6.45) is 4.65. The van der Waals surface area contributed by atoms with Crippen LogP contribution in [0.25, 0.3) is 0 Å². The summed E-state index contributed by atoms with van der Waals surface area (Å²) in [4.78, 5) is 0. The molecule has 3 heteroatoms. The highest BCUT2D eigenvalue weighted by Crippen LogP contribution is 2.38. The number of hydrogen-bond donors (Lipinski definition) is 2. The van der Waals surface area contributed by atoms with Crippen LogP contribution >= 0.6 is 11.6 Å². The largest absolute Gasteiger partial charge is 0.271 e. The molecule has 0 fully saturated rings. The molecule has 0 heterocycles. The van der Waals surface area contributed by atoms with Gasteiger partial charge in [-0.1, -0.05) is 54.1 Å². The summed E-state index contributed by atoms with van der Waals surface area (Å²) in [5.74, 6) is 6.35. The first-order valence-electron chi connectivity index (χ1n) is 7.58. The number of halogens is 1. The van der Waals surface area contributed by atoms with Crippen LogP contribution < -0.4 is 11.3 Å². The summed E-state index contributed by atoms with van der Waals surface area (Å²) < 4.78 is 0. The minimum absolute atomic E-state index is 0.0925. The fourth-order valence-electron chi connectivity index (χ4n) is 3.43. The van der Waals surface area contributed by atoms with Crippen molar-refractivity contribution in [1.29, 1.82) is 0 Å². The number of aryl methyl sites for hydroxylation is 1. The molecule has 21 heavy (non-hydrogen) atoms. The molecule has 0 aliphatic heterocycles. The quantitative estimate of drug-likeness (QED) is 0.650. The summed E-state index contributed by atoms with van der Waals surface area (Å²) in [5.41, 5.74) is 7.01. The first kappa shape index (κ1) is 14.6. The Morgan fingerprint density at radius 3 is 2.71 bits per heavy atom. The predicted molar refractivity (Wildman–Crippen MR) is 88.3 cm³/mol. The van der Waals surface area contributed by atoms with E-state index >= 15 is 0 Å². The second-order valence-corrected chi connectivity index (χ2v) is 6.17. The van der Waals surface area contributed by atoms with Gasteiger partial charge in [0.15, 0.2) is 0 Å². The van der Waals surface area contributed by atoms with Crippen LogP contribution in [0.3, 0.4) is 0 Å². The molecule has 1 aliphatic carbocycles. The van der Waals surface area contributed by atoms with E-state index < -0.39 is 0 Å². The molecular weight excluding hydrogens is 280 g/mol. The van der Waals surface area contributed by atoms with Gasteiger partial charge in [-0.2, -0.15) is 0 Å². The molecular formula is C18H21ClN2. The summed E-state index contributed by atoms with van der Waals surface area (Å²) in [5, 5.41) is 0.782. The average molecular weight is 301 g/mol. The lowest BCUT2D eigenvalue weighted by atomic mass is 9.79. The van der Waals surface area contributed by atoms with E-state index in [9.17, 15) is 0 Å². The second kappa shape index (κ2) is 6.61. The number of nitrogens with two attached hydrogens (primary N) is 1. The minimum Gasteiger partial charge on any atom is -0.271 e. The third-order valence-electron chi connectivity index (χ3n) is 4.50. The van der Waals surface area contributed by atoms with Gasteiger partial charge < -0.3 is 0 Å². The Morgan fingerprint density at radius 1 is 1.14 bits per heavy atom. The lowest BCUT2D eigenvalue weighted by Crippen LogP contribution is -2.30. The number of fused-ring (bicyclic) bond motifs is 1. The van der Waals surface area contributed by atoms with Crippen LogP contribution in [0.5, 0.6) is 0 Å². The van der Waals surface area contributed by atoms with Gasteiger partial charge in [0.05, 0.1) is 0 Å². The monoisotopic (exact) mass is 300 g/mol. The van der Waals surface area contributed by atoms with E-state index in [0.717, 1.165) is 17.0 Å². The zero-order valence-electron chi connectivity index (χ0n) is 12.1. The van der Waals surface area contributed by atoms with Gasteiger partial charge in [-0.3, -0.25) is 11.3 Å². The number of hydrogen-bond acceptors (Lipinski definition) is 2. The van der Waals surface area contributed by atoms with Gasteiger partial charge in [-0.05, 0) is 54.4 Å². The van der Waals surface area contributed by atoms with Crippen molar-refractivity contribution in [3.8, 4) is 0 Å². The lowest BCUT2D eigenvalue weighted by Gasteiger charge is -2.29. The molecule has 0 saturated carbocycles. The molecule has 0 amide bonds. The van der Waals surface area contributed by atoms with Crippen LogP contribution in [-0.2, 0) is 6.42 Å². The standard InChI is InChI=1S/C18H21ClN2/c19-17-11-4-3-10-16(17)18(21-20)12-14-8-5-7-13-6-1-2-9-15(13)14/h1-4,6,9-11,14,18,21H,5,7-8,12,20H2. The van der Waals surface area contributed by atoms with Crippen LogP contribution in [0.2, 0.25) is 5.02 Å². The molecule has 110 valence electrons. The Morgan fingerprint density at radius 2 is 1.90 bits per heavy atom. The van der Waals surface area contributed by atoms with Gasteiger partial charge in [-0.15, -0.1) is 0 Å². The summed E-state index contributed by atoms with van der Waals surface area (Å²) >= 11 is 6.32. The Kier molecular flexibility index (Phi) is 4.59. The maximum absolute atomic E-state index is 6.32. The molecule has 0 aromatic heterocycles. The summed E-state index contributed by atoms with van der Waals surface area (Å²) in [7, 11) is 0. The molecule has 2 atom stereocenters. The SMILES string of the molecule is NNC(CC1CCCc2ccccc21)c1ccccc1Cl. The van der Waals surface area contributed by atoms with Gasteiger partial charge in [0.2, 0.25) is 0 Å². The topological polar surface area (TPSA) is 38.0 Å². The van der Waals surface area contributed by atoms with Crippen LogP contribution in [0.15, 0.2) is 48.5 Å². The molecule has 0 bridgehead atoms. The lowest BCUT2D eigenvalue weighted by molar-refractivity contribution is 0.426. The molecule has 0 radical (unpaired) electrons. The van der Waals surface area contributed by atoms with E-state index in [-0.39, 0.29) is 6.04 Å². The number of rotatable bonds is 4. The molecule has 3 rings (SSSR count). The summed E-state index contributed by atoms with van der Waals surface area (Å²) in [6, 6.07) is 16.8. The van der Waals surface area contributed by atoms with E-state index in [0.29, 0.717) is 5.92 Å². The molecule has 0 saturated heterocycles. The third-order valence-corrected chi connectivity index (χ3v) is 4.84. The molecule has 2 aromatic carbocycles. The minimum atomic E-state index is 0.0925. The Bertz CT molecular complexity index is 612. The maximum Gasteiger partial charge on any atom is 0.0480 e. The number of benzene rings is 2. The highest BCUT2D eigenvalue weighted by Gasteiger charge is 2.24. The van der Waals surface area contributed by atoms with Crippen molar-refractivity contribution < 1.29 is 0 Å². The molecule has 2 unspecified atom stereocenters. The van der Waals surface area contributed by atoms with E-state index in [4.69, 9.17) is 17.4 Å². The van der Waals surface area contributed by atoms with Crippen LogP contribution in [0, 0.1) is 0 Å². The zero-order valence-corrected chi connectivity index (χ0v) is 12.8. The number of nitrogens with one attached hydrogen (secondary N) is 1. The first-order chi connectivity index (χ1) is 10.3. The highest BCUT2D eigenvalue weighted by atomic mass is 35.5. The van der Waals surface area contributed by atoms with Crippen molar-refractivity contribution in [2.24, 2.45) is 5.84 Å². The van der Waals surface area contributed by atoms with Crippen molar-refractivity contribution >= 4 is 11.6 Å². The van der Waals surface area contributed by atoms with E-state index in [1.165, 1.54) is 30.4 Å². The zero-order chi connectivity index (χ0) is 14.7.